The average Bonchev–Trinajstić information content (AvgIpc) is 2.51. The zero-order chi connectivity index (χ0) is 15.0. The third kappa shape index (κ3) is 4.71. The highest BCUT2D eigenvalue weighted by Crippen LogP contribution is 2.12. The van der Waals surface area contributed by atoms with Crippen LogP contribution in [0.25, 0.3) is 0 Å². The van der Waals surface area contributed by atoms with Crippen molar-refractivity contribution in [2.75, 3.05) is 19.8 Å². The number of hydrogen-bond acceptors (Lipinski definition) is 5. The predicted octanol–water partition coefficient (Wildman–Crippen LogP) is 0.910. The Morgan fingerprint density at radius 3 is 2.55 bits per heavy atom. The first kappa shape index (κ1) is 16.3. The molecule has 1 aromatic carbocycles. The molecule has 0 aliphatic rings. The van der Waals surface area contributed by atoms with Crippen molar-refractivity contribution in [1.82, 2.24) is 5.32 Å². The lowest BCUT2D eigenvalue weighted by atomic mass is 10.0. The molecule has 1 rings (SSSR count). The highest BCUT2D eigenvalue weighted by atomic mass is 16.5. The van der Waals surface area contributed by atoms with E-state index in [0.717, 1.165) is 6.42 Å². The van der Waals surface area contributed by atoms with Gasteiger partial charge in [-0.1, -0.05) is 12.1 Å². The number of benzene rings is 1. The molecule has 0 bridgehead atoms. The smallest absolute Gasteiger partial charge is 0.170 e. The standard InChI is InChI=1S/C14H23N3O3/c1-3-14(2,10-18)16-8-9-20-12-6-4-11(5-7-12)13(15)17-19/h4-7,16,18-19H,3,8-10H2,1-2H3,(H2,15,17). The Hall–Kier alpha value is -1.79. The number of nitrogens with zero attached hydrogens (tertiary/aromatic N) is 1. The van der Waals surface area contributed by atoms with Crippen molar-refractivity contribution in [3.05, 3.63) is 29.8 Å². The zero-order valence-electron chi connectivity index (χ0n) is 12.0. The largest absolute Gasteiger partial charge is 0.492 e. The number of rotatable bonds is 8. The number of oxime groups is 1. The molecule has 0 amide bonds. The first-order chi connectivity index (χ1) is 9.54. The van der Waals surface area contributed by atoms with E-state index < -0.39 is 0 Å². The zero-order valence-corrected chi connectivity index (χ0v) is 12.0. The Kier molecular flexibility index (Phi) is 6.27. The number of nitrogens with two attached hydrogens (primary N) is 1. The van der Waals surface area contributed by atoms with Crippen molar-refractivity contribution in [2.24, 2.45) is 10.9 Å². The van der Waals surface area contributed by atoms with Gasteiger partial charge in [0.2, 0.25) is 0 Å². The van der Waals surface area contributed by atoms with Crippen LogP contribution in [-0.2, 0) is 0 Å². The summed E-state index contributed by atoms with van der Waals surface area (Å²) in [6, 6.07) is 6.97. The Bertz CT molecular complexity index is 428. The van der Waals surface area contributed by atoms with E-state index in [-0.39, 0.29) is 18.0 Å². The van der Waals surface area contributed by atoms with Crippen molar-refractivity contribution < 1.29 is 15.1 Å². The number of aliphatic hydroxyl groups is 1. The van der Waals surface area contributed by atoms with E-state index >= 15 is 0 Å². The maximum Gasteiger partial charge on any atom is 0.170 e. The van der Waals surface area contributed by atoms with Gasteiger partial charge in [-0.25, -0.2) is 0 Å². The lowest BCUT2D eigenvalue weighted by Crippen LogP contribution is -2.46. The van der Waals surface area contributed by atoms with Crippen LogP contribution < -0.4 is 15.8 Å². The number of aliphatic hydroxyl groups excluding tert-OH is 1. The number of nitrogens with one attached hydrogen (secondary N) is 1. The van der Waals surface area contributed by atoms with Gasteiger partial charge in [0.1, 0.15) is 12.4 Å². The molecule has 0 aliphatic carbocycles. The van der Waals surface area contributed by atoms with Crippen molar-refractivity contribution >= 4 is 5.84 Å². The molecule has 0 fully saturated rings. The lowest BCUT2D eigenvalue weighted by Gasteiger charge is -2.27. The SMILES string of the molecule is CCC(C)(CO)NCCOc1ccc(C(N)=NO)cc1. The van der Waals surface area contributed by atoms with Crippen molar-refractivity contribution in [2.45, 2.75) is 25.8 Å². The summed E-state index contributed by atoms with van der Waals surface area (Å²) in [6.07, 6.45) is 0.845. The highest BCUT2D eigenvalue weighted by molar-refractivity contribution is 5.97. The first-order valence-electron chi connectivity index (χ1n) is 6.61. The molecule has 1 atom stereocenters. The molecule has 1 aromatic rings. The van der Waals surface area contributed by atoms with Gasteiger partial charge in [-0.3, -0.25) is 0 Å². The van der Waals surface area contributed by atoms with Gasteiger partial charge < -0.3 is 26.1 Å². The van der Waals surface area contributed by atoms with Crippen LogP contribution >= 0.6 is 0 Å². The number of hydrogen-bond donors (Lipinski definition) is 4. The Labute approximate surface area is 119 Å². The van der Waals surface area contributed by atoms with E-state index in [0.29, 0.717) is 24.5 Å². The second-order valence-electron chi connectivity index (χ2n) is 4.86. The quantitative estimate of drug-likeness (QED) is 0.187. The van der Waals surface area contributed by atoms with Gasteiger partial charge >= 0.3 is 0 Å². The molecule has 6 heteroatoms. The van der Waals surface area contributed by atoms with Gasteiger partial charge in [0.25, 0.3) is 0 Å². The third-order valence-electron chi connectivity index (χ3n) is 3.31. The Balaban J connectivity index is 2.40. The van der Waals surface area contributed by atoms with Gasteiger partial charge in [-0.2, -0.15) is 0 Å². The molecule has 0 aromatic heterocycles. The summed E-state index contributed by atoms with van der Waals surface area (Å²) in [5.41, 5.74) is 5.84. The summed E-state index contributed by atoms with van der Waals surface area (Å²) in [4.78, 5) is 0. The fourth-order valence-electron chi connectivity index (χ4n) is 1.59. The molecule has 20 heavy (non-hydrogen) atoms. The van der Waals surface area contributed by atoms with Crippen LogP contribution in [0.15, 0.2) is 29.4 Å². The van der Waals surface area contributed by atoms with Crippen LogP contribution in [0, 0.1) is 0 Å². The molecule has 0 radical (unpaired) electrons. The number of amidine groups is 1. The Morgan fingerprint density at radius 2 is 2.05 bits per heavy atom. The predicted molar refractivity (Wildman–Crippen MR) is 78.2 cm³/mol. The summed E-state index contributed by atoms with van der Waals surface area (Å²) in [5, 5.41) is 24.0. The molecule has 0 aliphatic heterocycles. The third-order valence-corrected chi connectivity index (χ3v) is 3.31. The van der Waals surface area contributed by atoms with E-state index in [9.17, 15) is 5.11 Å². The van der Waals surface area contributed by atoms with Gasteiger partial charge in [0.05, 0.1) is 6.61 Å². The monoisotopic (exact) mass is 281 g/mol. The normalized spacial score (nSPS) is 14.8. The van der Waals surface area contributed by atoms with Gasteiger partial charge in [-0.15, -0.1) is 0 Å². The second kappa shape index (κ2) is 7.72. The molecule has 1 unspecified atom stereocenters. The molecular formula is C14H23N3O3. The van der Waals surface area contributed by atoms with Crippen LogP contribution in [0.5, 0.6) is 5.75 Å². The van der Waals surface area contributed by atoms with Gasteiger partial charge in [0, 0.05) is 17.6 Å². The van der Waals surface area contributed by atoms with Gasteiger partial charge in [0.15, 0.2) is 5.84 Å². The average molecular weight is 281 g/mol. The maximum atomic E-state index is 9.26. The van der Waals surface area contributed by atoms with E-state index in [4.69, 9.17) is 15.7 Å². The molecule has 0 spiro atoms. The van der Waals surface area contributed by atoms with Crippen LogP contribution in [-0.4, -0.2) is 41.4 Å². The van der Waals surface area contributed by atoms with Crippen molar-refractivity contribution in [3.8, 4) is 5.75 Å². The molecular weight excluding hydrogens is 258 g/mol. The van der Waals surface area contributed by atoms with Gasteiger partial charge in [-0.05, 0) is 37.6 Å². The minimum absolute atomic E-state index is 0.0693. The maximum absolute atomic E-state index is 9.26. The van der Waals surface area contributed by atoms with Crippen LogP contribution in [0.3, 0.4) is 0 Å². The van der Waals surface area contributed by atoms with E-state index in [2.05, 4.69) is 10.5 Å². The van der Waals surface area contributed by atoms with E-state index in [1.807, 2.05) is 13.8 Å². The van der Waals surface area contributed by atoms with Crippen LogP contribution in [0.4, 0.5) is 0 Å². The lowest BCUT2D eigenvalue weighted by molar-refractivity contribution is 0.162. The fraction of sp³-hybridized carbons (Fsp3) is 0.500. The Morgan fingerprint density at radius 1 is 1.40 bits per heavy atom. The van der Waals surface area contributed by atoms with E-state index in [1.54, 1.807) is 24.3 Å². The van der Waals surface area contributed by atoms with E-state index in [1.165, 1.54) is 0 Å². The molecule has 112 valence electrons. The minimum Gasteiger partial charge on any atom is -0.492 e. The molecule has 0 saturated heterocycles. The number of ether oxygens (including phenoxy) is 1. The van der Waals surface area contributed by atoms with Crippen molar-refractivity contribution in [3.63, 3.8) is 0 Å². The highest BCUT2D eigenvalue weighted by Gasteiger charge is 2.19. The van der Waals surface area contributed by atoms with Crippen molar-refractivity contribution in [1.29, 1.82) is 0 Å². The molecule has 0 saturated carbocycles. The van der Waals surface area contributed by atoms with Crippen LogP contribution in [0.2, 0.25) is 0 Å². The summed E-state index contributed by atoms with van der Waals surface area (Å²) < 4.78 is 5.57. The molecule has 5 N–H and O–H groups in total. The minimum atomic E-state index is -0.265. The first-order valence-corrected chi connectivity index (χ1v) is 6.61. The summed E-state index contributed by atoms with van der Waals surface area (Å²) in [7, 11) is 0. The fourth-order valence-corrected chi connectivity index (χ4v) is 1.59. The second-order valence-corrected chi connectivity index (χ2v) is 4.86. The molecule has 0 heterocycles. The van der Waals surface area contributed by atoms with Crippen LogP contribution in [0.1, 0.15) is 25.8 Å². The summed E-state index contributed by atoms with van der Waals surface area (Å²) in [6.45, 7) is 5.23. The summed E-state index contributed by atoms with van der Waals surface area (Å²) in [5.74, 6) is 0.781. The topological polar surface area (TPSA) is 100 Å². The molecule has 6 nitrogen and oxygen atoms in total. The summed E-state index contributed by atoms with van der Waals surface area (Å²) >= 11 is 0.